The van der Waals surface area contributed by atoms with E-state index in [0.717, 1.165) is 21.8 Å². The Balaban J connectivity index is 1.80. The molecule has 1 N–H and O–H groups in total. The van der Waals surface area contributed by atoms with Crippen molar-refractivity contribution in [3.05, 3.63) is 59.1 Å². The van der Waals surface area contributed by atoms with Gasteiger partial charge in [0, 0.05) is 16.6 Å². The molecule has 1 heterocycles. The number of thiazole rings is 1. The highest BCUT2D eigenvalue weighted by Crippen LogP contribution is 2.33. The zero-order valence-electron chi connectivity index (χ0n) is 14.9. The van der Waals surface area contributed by atoms with Crippen molar-refractivity contribution in [1.82, 2.24) is 4.98 Å². The second kappa shape index (κ2) is 8.01. The van der Waals surface area contributed by atoms with E-state index in [0.29, 0.717) is 23.8 Å². The van der Waals surface area contributed by atoms with Crippen molar-refractivity contribution < 1.29 is 14.3 Å². The Morgan fingerprint density at radius 1 is 1.19 bits per heavy atom. The number of ether oxygens (including phenoxy) is 2. The summed E-state index contributed by atoms with van der Waals surface area (Å²) >= 11 is 1.41. The molecule has 1 amide bonds. The van der Waals surface area contributed by atoms with E-state index in [1.54, 1.807) is 12.5 Å². The molecule has 0 radical (unpaired) electrons. The van der Waals surface area contributed by atoms with E-state index in [2.05, 4.69) is 10.3 Å². The minimum Gasteiger partial charge on any atom is -0.493 e. The van der Waals surface area contributed by atoms with Crippen LogP contribution in [0.2, 0.25) is 0 Å². The monoisotopic (exact) mass is 368 g/mol. The summed E-state index contributed by atoms with van der Waals surface area (Å²) in [5.74, 6) is 1.11. The van der Waals surface area contributed by atoms with Crippen LogP contribution in [-0.2, 0) is 0 Å². The Labute approximate surface area is 156 Å². The van der Waals surface area contributed by atoms with E-state index in [9.17, 15) is 4.79 Å². The lowest BCUT2D eigenvalue weighted by Crippen LogP contribution is -2.12. The second-order valence-corrected chi connectivity index (χ2v) is 6.52. The first-order chi connectivity index (χ1) is 12.6. The van der Waals surface area contributed by atoms with Gasteiger partial charge < -0.3 is 14.8 Å². The van der Waals surface area contributed by atoms with Crippen LogP contribution in [0.3, 0.4) is 0 Å². The number of methoxy groups -OCH3 is 1. The number of hydrogen-bond donors (Lipinski definition) is 1. The van der Waals surface area contributed by atoms with Gasteiger partial charge in [-0.15, -0.1) is 11.3 Å². The normalized spacial score (nSPS) is 10.4. The van der Waals surface area contributed by atoms with Gasteiger partial charge >= 0.3 is 0 Å². The van der Waals surface area contributed by atoms with Crippen molar-refractivity contribution >= 4 is 22.9 Å². The molecule has 0 unspecified atom stereocenters. The first-order valence-corrected chi connectivity index (χ1v) is 9.13. The number of anilines is 1. The van der Waals surface area contributed by atoms with Crippen molar-refractivity contribution in [2.75, 3.05) is 19.0 Å². The Hall–Kier alpha value is -2.86. The summed E-state index contributed by atoms with van der Waals surface area (Å²) in [4.78, 5) is 16.9. The highest BCUT2D eigenvalue weighted by molar-refractivity contribution is 7.13. The number of carbonyl (C=O) groups excluding carboxylic acids is 1. The zero-order chi connectivity index (χ0) is 18.5. The smallest absolute Gasteiger partial charge is 0.275 e. The number of aryl methyl sites for hydroxylation is 1. The summed E-state index contributed by atoms with van der Waals surface area (Å²) in [5, 5.41) is 5.38. The Morgan fingerprint density at radius 3 is 2.77 bits per heavy atom. The molecule has 0 saturated carbocycles. The van der Waals surface area contributed by atoms with Gasteiger partial charge in [0.05, 0.1) is 13.7 Å². The highest BCUT2D eigenvalue weighted by atomic mass is 32.1. The fourth-order valence-electron chi connectivity index (χ4n) is 2.50. The van der Waals surface area contributed by atoms with Gasteiger partial charge in [0.25, 0.3) is 5.91 Å². The summed E-state index contributed by atoms with van der Waals surface area (Å²) in [6, 6.07) is 13.3. The van der Waals surface area contributed by atoms with E-state index in [1.807, 2.05) is 56.3 Å². The van der Waals surface area contributed by atoms with E-state index in [-0.39, 0.29) is 5.91 Å². The molecule has 5 nitrogen and oxygen atoms in total. The first-order valence-electron chi connectivity index (χ1n) is 8.25. The molecule has 1 aromatic heterocycles. The van der Waals surface area contributed by atoms with Crippen LogP contribution in [0.4, 0.5) is 5.69 Å². The summed E-state index contributed by atoms with van der Waals surface area (Å²) < 4.78 is 10.9. The lowest BCUT2D eigenvalue weighted by Gasteiger charge is -2.09. The number of hydrogen-bond acceptors (Lipinski definition) is 5. The predicted molar refractivity (Wildman–Crippen MR) is 104 cm³/mol. The standard InChI is InChI=1S/C20H20N2O3S/c1-4-25-17-9-8-14(11-18(17)24-3)20-22-16(12-26-20)19(23)21-15-7-5-6-13(2)10-15/h5-12H,4H2,1-3H3,(H,21,23). The van der Waals surface area contributed by atoms with Crippen LogP contribution in [0.15, 0.2) is 47.8 Å². The Kier molecular flexibility index (Phi) is 5.53. The van der Waals surface area contributed by atoms with Gasteiger partial charge in [0.2, 0.25) is 0 Å². The molecule has 0 saturated heterocycles. The molecule has 0 aliphatic heterocycles. The number of carbonyl (C=O) groups is 1. The van der Waals surface area contributed by atoms with Crippen molar-refractivity contribution in [1.29, 1.82) is 0 Å². The first kappa shape index (κ1) is 17.9. The third kappa shape index (κ3) is 4.03. The van der Waals surface area contributed by atoms with Gasteiger partial charge in [-0.1, -0.05) is 12.1 Å². The van der Waals surface area contributed by atoms with Crippen LogP contribution in [0.25, 0.3) is 10.6 Å². The van der Waals surface area contributed by atoms with Gasteiger partial charge in [-0.2, -0.15) is 0 Å². The van der Waals surface area contributed by atoms with Crippen molar-refractivity contribution in [3.8, 4) is 22.1 Å². The second-order valence-electron chi connectivity index (χ2n) is 5.66. The molecule has 6 heteroatoms. The molecule has 0 spiro atoms. The minimum absolute atomic E-state index is 0.226. The van der Waals surface area contributed by atoms with E-state index in [4.69, 9.17) is 9.47 Å². The molecule has 134 valence electrons. The van der Waals surface area contributed by atoms with E-state index in [1.165, 1.54) is 11.3 Å². The zero-order valence-corrected chi connectivity index (χ0v) is 15.7. The SMILES string of the molecule is CCOc1ccc(-c2nc(C(=O)Nc3cccc(C)c3)cs2)cc1OC. The van der Waals surface area contributed by atoms with Crippen LogP contribution in [0.5, 0.6) is 11.5 Å². The Bertz CT molecular complexity index is 921. The van der Waals surface area contributed by atoms with Crippen LogP contribution in [0.1, 0.15) is 23.0 Å². The van der Waals surface area contributed by atoms with Crippen LogP contribution < -0.4 is 14.8 Å². The summed E-state index contributed by atoms with van der Waals surface area (Å²) in [7, 11) is 1.60. The van der Waals surface area contributed by atoms with Crippen molar-refractivity contribution in [2.24, 2.45) is 0 Å². The number of benzene rings is 2. The van der Waals surface area contributed by atoms with Crippen molar-refractivity contribution in [3.63, 3.8) is 0 Å². The highest BCUT2D eigenvalue weighted by Gasteiger charge is 2.14. The van der Waals surface area contributed by atoms with E-state index >= 15 is 0 Å². The number of nitrogens with zero attached hydrogens (tertiary/aromatic N) is 1. The number of rotatable bonds is 6. The molecule has 26 heavy (non-hydrogen) atoms. The maximum absolute atomic E-state index is 12.4. The molecule has 2 aromatic carbocycles. The molecule has 0 atom stereocenters. The minimum atomic E-state index is -0.226. The topological polar surface area (TPSA) is 60.5 Å². The van der Waals surface area contributed by atoms with Crippen LogP contribution in [0, 0.1) is 6.92 Å². The number of nitrogens with one attached hydrogen (secondary N) is 1. The van der Waals surface area contributed by atoms with Crippen LogP contribution in [-0.4, -0.2) is 24.6 Å². The molecule has 0 bridgehead atoms. The average Bonchev–Trinajstić information content (AvgIpc) is 3.12. The quantitative estimate of drug-likeness (QED) is 0.680. The lowest BCUT2D eigenvalue weighted by molar-refractivity contribution is 0.102. The lowest BCUT2D eigenvalue weighted by atomic mass is 10.2. The maximum atomic E-state index is 12.4. The summed E-state index contributed by atoms with van der Waals surface area (Å²) in [5.41, 5.74) is 3.11. The third-order valence-electron chi connectivity index (χ3n) is 3.72. The van der Waals surface area contributed by atoms with Crippen LogP contribution >= 0.6 is 11.3 Å². The fourth-order valence-corrected chi connectivity index (χ4v) is 3.30. The molecule has 3 aromatic rings. The molecule has 0 fully saturated rings. The maximum Gasteiger partial charge on any atom is 0.275 e. The average molecular weight is 368 g/mol. The van der Waals surface area contributed by atoms with E-state index < -0.39 is 0 Å². The fraction of sp³-hybridized carbons (Fsp3) is 0.200. The van der Waals surface area contributed by atoms with Gasteiger partial charge in [-0.3, -0.25) is 4.79 Å². The van der Waals surface area contributed by atoms with Gasteiger partial charge in [0.1, 0.15) is 10.7 Å². The number of aromatic nitrogens is 1. The summed E-state index contributed by atoms with van der Waals surface area (Å²) in [6.07, 6.45) is 0. The van der Waals surface area contributed by atoms with Gasteiger partial charge in [-0.05, 0) is 49.7 Å². The third-order valence-corrected chi connectivity index (χ3v) is 4.61. The van der Waals surface area contributed by atoms with Gasteiger partial charge in [0.15, 0.2) is 11.5 Å². The molecule has 3 rings (SSSR count). The van der Waals surface area contributed by atoms with Gasteiger partial charge in [-0.25, -0.2) is 4.98 Å². The van der Waals surface area contributed by atoms with Crippen molar-refractivity contribution in [2.45, 2.75) is 13.8 Å². The molecule has 0 aliphatic rings. The molecular formula is C20H20N2O3S. The Morgan fingerprint density at radius 2 is 2.04 bits per heavy atom. The number of amides is 1. The molecule has 0 aliphatic carbocycles. The summed E-state index contributed by atoms with van der Waals surface area (Å²) in [6.45, 7) is 4.47. The molecular weight excluding hydrogens is 348 g/mol. The predicted octanol–water partition coefficient (Wildman–Crippen LogP) is 4.78. The largest absolute Gasteiger partial charge is 0.493 e.